The monoisotopic (exact) mass is 377 g/mol. The zero-order valence-corrected chi connectivity index (χ0v) is 15.3. The number of nitrogens with zero attached hydrogens (tertiary/aromatic N) is 2. The van der Waals surface area contributed by atoms with Gasteiger partial charge in [0.05, 0.1) is 11.3 Å². The molecule has 0 unspecified atom stereocenters. The van der Waals surface area contributed by atoms with Crippen molar-refractivity contribution in [3.05, 3.63) is 47.5 Å². The number of benzene rings is 2. The molecule has 0 saturated carbocycles. The Hall–Kier alpha value is -3.07. The van der Waals surface area contributed by atoms with Gasteiger partial charge < -0.3 is 20.5 Å². The van der Waals surface area contributed by atoms with E-state index in [4.69, 9.17) is 10.5 Å². The molecule has 0 amide bonds. The van der Waals surface area contributed by atoms with Crippen molar-refractivity contribution in [2.45, 2.75) is 11.8 Å². The van der Waals surface area contributed by atoms with Gasteiger partial charge in [-0.25, -0.2) is 4.79 Å². The summed E-state index contributed by atoms with van der Waals surface area (Å²) in [6, 6.07) is 8.99. The molecule has 0 saturated heterocycles. The van der Waals surface area contributed by atoms with E-state index in [9.17, 15) is 18.3 Å². The van der Waals surface area contributed by atoms with Gasteiger partial charge in [0, 0.05) is 14.1 Å². The molecule has 2 rings (SSSR count). The van der Waals surface area contributed by atoms with Crippen LogP contribution in [-0.2, 0) is 10.0 Å². The number of aromatic carboxylic acids is 1. The number of aryl methyl sites for hydroxylation is 1. The first-order chi connectivity index (χ1) is 12.1. The Morgan fingerprint density at radius 3 is 2.38 bits per heavy atom. The molecule has 0 atom stereocenters. The summed E-state index contributed by atoms with van der Waals surface area (Å²) in [6.07, 6.45) is 1.09. The second-order valence-electron chi connectivity index (χ2n) is 5.77. The Labute approximate surface area is 151 Å². The van der Waals surface area contributed by atoms with Crippen LogP contribution in [0.15, 0.2) is 45.7 Å². The minimum atomic E-state index is -4.23. The largest absolute Gasteiger partial charge is 0.478 e. The Kier molecular flexibility index (Phi) is 5.51. The highest BCUT2D eigenvalue weighted by Gasteiger charge is 2.24. The Morgan fingerprint density at radius 2 is 1.85 bits per heavy atom. The molecule has 0 radical (unpaired) electrons. The van der Waals surface area contributed by atoms with Crippen molar-refractivity contribution in [3.8, 4) is 11.5 Å². The fourth-order valence-electron chi connectivity index (χ4n) is 1.99. The van der Waals surface area contributed by atoms with Crippen LogP contribution in [0.3, 0.4) is 0 Å². The minimum absolute atomic E-state index is 0.121. The number of nitrogen functional groups attached to an aromatic ring is 1. The lowest BCUT2D eigenvalue weighted by molar-refractivity contribution is 0.0696. The standard InChI is InChI=1S/C17H19N3O5S/c1-11-4-6-13(7-5-11)25-16-14(18)8-12(17(21)22)9-15(16)26(23,24)19-10-20(2)3/h4-10H,18H2,1-3H3,(H,21,22). The highest BCUT2D eigenvalue weighted by molar-refractivity contribution is 7.90. The van der Waals surface area contributed by atoms with Crippen molar-refractivity contribution in [2.24, 2.45) is 4.40 Å². The summed E-state index contributed by atoms with van der Waals surface area (Å²) in [5.74, 6) is -1.13. The zero-order chi connectivity index (χ0) is 19.5. The molecule has 138 valence electrons. The van der Waals surface area contributed by atoms with Crippen LogP contribution in [-0.4, -0.2) is 44.8 Å². The van der Waals surface area contributed by atoms with E-state index in [1.54, 1.807) is 38.4 Å². The topological polar surface area (TPSA) is 122 Å². The van der Waals surface area contributed by atoms with Crippen molar-refractivity contribution in [3.63, 3.8) is 0 Å². The molecule has 0 heterocycles. The third kappa shape index (κ3) is 4.51. The van der Waals surface area contributed by atoms with Crippen molar-refractivity contribution >= 4 is 28.0 Å². The lowest BCUT2D eigenvalue weighted by Gasteiger charge is -2.14. The summed E-state index contributed by atoms with van der Waals surface area (Å²) in [5, 5.41) is 9.19. The number of nitrogens with two attached hydrogens (primary N) is 1. The van der Waals surface area contributed by atoms with Gasteiger partial charge in [-0.1, -0.05) is 17.7 Å². The van der Waals surface area contributed by atoms with Crippen LogP contribution in [0, 0.1) is 6.92 Å². The van der Waals surface area contributed by atoms with Crippen LogP contribution in [0.1, 0.15) is 15.9 Å². The van der Waals surface area contributed by atoms with Crippen LogP contribution in [0.25, 0.3) is 0 Å². The predicted molar refractivity (Wildman–Crippen MR) is 98.4 cm³/mol. The molecule has 0 aromatic heterocycles. The summed E-state index contributed by atoms with van der Waals surface area (Å²) in [6.45, 7) is 1.89. The van der Waals surface area contributed by atoms with Crippen molar-refractivity contribution in [2.75, 3.05) is 19.8 Å². The molecule has 9 heteroatoms. The summed E-state index contributed by atoms with van der Waals surface area (Å²) >= 11 is 0. The summed E-state index contributed by atoms with van der Waals surface area (Å²) in [5.41, 5.74) is 6.47. The van der Waals surface area contributed by atoms with Gasteiger partial charge in [0.25, 0.3) is 10.0 Å². The molecular weight excluding hydrogens is 358 g/mol. The van der Waals surface area contributed by atoms with Gasteiger partial charge in [-0.15, -0.1) is 4.40 Å². The fourth-order valence-corrected chi connectivity index (χ4v) is 3.08. The highest BCUT2D eigenvalue weighted by Crippen LogP contribution is 2.36. The lowest BCUT2D eigenvalue weighted by Crippen LogP contribution is -2.12. The van der Waals surface area contributed by atoms with E-state index in [-0.39, 0.29) is 17.0 Å². The average molecular weight is 377 g/mol. The maximum Gasteiger partial charge on any atom is 0.335 e. The van der Waals surface area contributed by atoms with E-state index in [0.717, 1.165) is 24.0 Å². The number of ether oxygens (including phenoxy) is 1. The smallest absolute Gasteiger partial charge is 0.335 e. The first-order valence-corrected chi connectivity index (χ1v) is 8.92. The first kappa shape index (κ1) is 19.3. The summed E-state index contributed by atoms with van der Waals surface area (Å²) in [7, 11) is -1.03. The number of rotatable bonds is 6. The molecule has 0 aliphatic carbocycles. The molecule has 8 nitrogen and oxygen atoms in total. The van der Waals surface area contributed by atoms with Gasteiger partial charge in [-0.05, 0) is 31.2 Å². The zero-order valence-electron chi connectivity index (χ0n) is 14.5. The van der Waals surface area contributed by atoms with Gasteiger partial charge in [-0.2, -0.15) is 8.42 Å². The summed E-state index contributed by atoms with van der Waals surface area (Å²) < 4.78 is 34.3. The van der Waals surface area contributed by atoms with Crippen LogP contribution in [0.5, 0.6) is 11.5 Å². The molecular formula is C17H19N3O5S. The van der Waals surface area contributed by atoms with Crippen LogP contribution in [0.2, 0.25) is 0 Å². The molecule has 2 aromatic rings. The number of hydrogen-bond donors (Lipinski definition) is 2. The molecule has 0 fully saturated rings. The lowest BCUT2D eigenvalue weighted by atomic mass is 10.2. The van der Waals surface area contributed by atoms with Crippen LogP contribution in [0.4, 0.5) is 5.69 Å². The second kappa shape index (κ2) is 7.44. The van der Waals surface area contributed by atoms with Crippen molar-refractivity contribution in [1.29, 1.82) is 0 Å². The number of hydrogen-bond acceptors (Lipinski definition) is 5. The van der Waals surface area contributed by atoms with E-state index >= 15 is 0 Å². The quantitative estimate of drug-likeness (QED) is 0.450. The number of carbonyl (C=O) groups is 1. The van der Waals surface area contributed by atoms with Gasteiger partial charge in [0.1, 0.15) is 17.0 Å². The van der Waals surface area contributed by atoms with Crippen LogP contribution >= 0.6 is 0 Å². The predicted octanol–water partition coefficient (Wildman–Crippen LogP) is 2.35. The second-order valence-corrected chi connectivity index (χ2v) is 7.37. The normalized spacial score (nSPS) is 11.5. The Bertz CT molecular complexity index is 951. The van der Waals surface area contributed by atoms with E-state index in [1.807, 2.05) is 6.92 Å². The van der Waals surface area contributed by atoms with Crippen LogP contribution < -0.4 is 10.5 Å². The molecule has 0 bridgehead atoms. The maximum absolute atomic E-state index is 12.6. The average Bonchev–Trinajstić information content (AvgIpc) is 2.56. The third-order valence-corrected chi connectivity index (χ3v) is 4.50. The van der Waals surface area contributed by atoms with Crippen molar-refractivity contribution in [1.82, 2.24) is 4.90 Å². The molecule has 0 aliphatic heterocycles. The maximum atomic E-state index is 12.6. The van der Waals surface area contributed by atoms with Crippen molar-refractivity contribution < 1.29 is 23.1 Å². The number of carboxylic acid groups (broad SMARTS) is 1. The summed E-state index contributed by atoms with van der Waals surface area (Å²) in [4.78, 5) is 12.3. The van der Waals surface area contributed by atoms with Gasteiger partial charge >= 0.3 is 5.97 Å². The van der Waals surface area contributed by atoms with Gasteiger partial charge in [0.15, 0.2) is 5.75 Å². The van der Waals surface area contributed by atoms with E-state index in [2.05, 4.69) is 4.40 Å². The Balaban J connectivity index is 2.62. The molecule has 0 aliphatic rings. The van der Waals surface area contributed by atoms with E-state index in [0.29, 0.717) is 5.75 Å². The minimum Gasteiger partial charge on any atom is -0.478 e. The Morgan fingerprint density at radius 1 is 1.23 bits per heavy atom. The number of anilines is 1. The SMILES string of the molecule is Cc1ccc(Oc2c(N)cc(C(=O)O)cc2S(=O)(=O)N=CN(C)C)cc1. The molecule has 3 N–H and O–H groups in total. The van der Waals surface area contributed by atoms with E-state index < -0.39 is 20.9 Å². The molecule has 2 aromatic carbocycles. The first-order valence-electron chi connectivity index (χ1n) is 7.48. The molecule has 26 heavy (non-hydrogen) atoms. The fraction of sp³-hybridized carbons (Fsp3) is 0.176. The molecule has 0 spiro atoms. The van der Waals surface area contributed by atoms with Gasteiger partial charge in [-0.3, -0.25) is 0 Å². The van der Waals surface area contributed by atoms with Gasteiger partial charge in [0.2, 0.25) is 0 Å². The number of sulfonamides is 1. The third-order valence-electron chi connectivity index (χ3n) is 3.27. The number of carboxylic acids is 1. The highest BCUT2D eigenvalue weighted by atomic mass is 32.2. The van der Waals surface area contributed by atoms with E-state index in [1.165, 1.54) is 4.90 Å².